The zero-order valence-corrected chi connectivity index (χ0v) is 13.6. The van der Waals surface area contributed by atoms with Crippen molar-refractivity contribution >= 4 is 5.65 Å². The van der Waals surface area contributed by atoms with E-state index in [0.29, 0.717) is 5.92 Å². The molecule has 0 aromatic carbocycles. The molecule has 0 fully saturated rings. The van der Waals surface area contributed by atoms with Crippen molar-refractivity contribution in [3.8, 4) is 0 Å². The number of hydrogen-bond donors (Lipinski definition) is 2. The summed E-state index contributed by atoms with van der Waals surface area (Å²) < 4.78 is 1.89. The van der Waals surface area contributed by atoms with Crippen molar-refractivity contribution < 1.29 is 5.11 Å². The Morgan fingerprint density at radius 1 is 1.29 bits per heavy atom. The van der Waals surface area contributed by atoms with Gasteiger partial charge in [-0.05, 0) is 33.1 Å². The van der Waals surface area contributed by atoms with E-state index in [9.17, 15) is 5.11 Å². The first-order chi connectivity index (χ1) is 9.92. The predicted molar refractivity (Wildman–Crippen MR) is 84.3 cm³/mol. The number of rotatable bonds is 6. The summed E-state index contributed by atoms with van der Waals surface area (Å²) >= 11 is 0. The Hall–Kier alpha value is -1.46. The smallest absolute Gasteiger partial charge is 0.155 e. The van der Waals surface area contributed by atoms with Crippen molar-refractivity contribution in [1.82, 2.24) is 19.9 Å². The van der Waals surface area contributed by atoms with Gasteiger partial charge in [0.2, 0.25) is 0 Å². The van der Waals surface area contributed by atoms with Crippen LogP contribution in [0.15, 0.2) is 12.3 Å². The molecule has 0 radical (unpaired) electrons. The predicted octanol–water partition coefficient (Wildman–Crippen LogP) is 2.40. The van der Waals surface area contributed by atoms with Gasteiger partial charge in [-0.15, -0.1) is 0 Å². The van der Waals surface area contributed by atoms with Crippen LogP contribution in [0, 0.1) is 19.8 Å². The van der Waals surface area contributed by atoms with Crippen LogP contribution in [0.25, 0.3) is 5.65 Å². The molecule has 5 nitrogen and oxygen atoms in total. The molecule has 0 aliphatic carbocycles. The van der Waals surface area contributed by atoms with Gasteiger partial charge in [0.1, 0.15) is 0 Å². The van der Waals surface area contributed by atoms with E-state index in [1.165, 1.54) is 0 Å². The van der Waals surface area contributed by atoms with E-state index < -0.39 is 0 Å². The Labute approximate surface area is 126 Å². The van der Waals surface area contributed by atoms with Gasteiger partial charge in [-0.1, -0.05) is 13.8 Å². The maximum absolute atomic E-state index is 9.52. The standard InChI is InChI=1S/C16H26N4O/c1-10(2)6-14(9-21)18-12(4)15-8-17-16-7-11(3)19-20(16)13(15)5/h7-8,10,12,14,18,21H,6,9H2,1-5H3. The van der Waals surface area contributed by atoms with Crippen molar-refractivity contribution in [3.63, 3.8) is 0 Å². The Morgan fingerprint density at radius 3 is 2.62 bits per heavy atom. The second kappa shape index (κ2) is 6.54. The van der Waals surface area contributed by atoms with Crippen LogP contribution in [-0.2, 0) is 0 Å². The Bertz CT molecular complexity index is 606. The summed E-state index contributed by atoms with van der Waals surface area (Å²) in [7, 11) is 0. The van der Waals surface area contributed by atoms with Gasteiger partial charge in [-0.25, -0.2) is 9.50 Å². The third-order valence-electron chi connectivity index (χ3n) is 3.81. The molecule has 0 aliphatic rings. The number of aryl methyl sites for hydroxylation is 2. The minimum absolute atomic E-state index is 0.106. The maximum Gasteiger partial charge on any atom is 0.155 e. The molecule has 0 saturated heterocycles. The summed E-state index contributed by atoms with van der Waals surface area (Å²) in [5.41, 5.74) is 4.06. The van der Waals surface area contributed by atoms with Crippen LogP contribution in [-0.4, -0.2) is 32.4 Å². The van der Waals surface area contributed by atoms with E-state index >= 15 is 0 Å². The minimum atomic E-state index is 0.106. The Morgan fingerprint density at radius 2 is 2.00 bits per heavy atom. The van der Waals surface area contributed by atoms with Gasteiger partial charge in [0, 0.05) is 35.6 Å². The van der Waals surface area contributed by atoms with Gasteiger partial charge in [0.05, 0.1) is 12.3 Å². The quantitative estimate of drug-likeness (QED) is 0.857. The number of aliphatic hydroxyl groups is 1. The van der Waals surface area contributed by atoms with Gasteiger partial charge in [0.15, 0.2) is 5.65 Å². The molecule has 2 aromatic rings. The van der Waals surface area contributed by atoms with Crippen LogP contribution in [0.5, 0.6) is 0 Å². The third kappa shape index (κ3) is 3.60. The number of aromatic nitrogens is 3. The minimum Gasteiger partial charge on any atom is -0.395 e. The first-order valence-corrected chi connectivity index (χ1v) is 7.61. The van der Waals surface area contributed by atoms with E-state index in [4.69, 9.17) is 0 Å². The highest BCUT2D eigenvalue weighted by molar-refractivity contribution is 5.42. The summed E-state index contributed by atoms with van der Waals surface area (Å²) in [6.45, 7) is 10.6. The third-order valence-corrected chi connectivity index (χ3v) is 3.81. The largest absolute Gasteiger partial charge is 0.395 e. The van der Waals surface area contributed by atoms with Crippen LogP contribution in [0.2, 0.25) is 0 Å². The molecule has 0 amide bonds. The van der Waals surface area contributed by atoms with Crippen LogP contribution >= 0.6 is 0 Å². The van der Waals surface area contributed by atoms with Crippen molar-refractivity contribution in [2.24, 2.45) is 5.92 Å². The molecule has 2 unspecified atom stereocenters. The second-order valence-electron chi connectivity index (χ2n) is 6.25. The van der Waals surface area contributed by atoms with Crippen molar-refractivity contribution in [1.29, 1.82) is 0 Å². The van der Waals surface area contributed by atoms with E-state index in [2.05, 4.69) is 43.1 Å². The summed E-state index contributed by atoms with van der Waals surface area (Å²) in [6.07, 6.45) is 2.86. The fraction of sp³-hybridized carbons (Fsp3) is 0.625. The topological polar surface area (TPSA) is 62.5 Å². The number of nitrogens with zero attached hydrogens (tertiary/aromatic N) is 3. The SMILES string of the molecule is Cc1cc2ncc(C(C)NC(CO)CC(C)C)c(C)n2n1. The van der Waals surface area contributed by atoms with Gasteiger partial charge in [-0.2, -0.15) is 5.10 Å². The molecule has 2 atom stereocenters. The van der Waals surface area contributed by atoms with E-state index in [0.717, 1.165) is 29.0 Å². The lowest BCUT2D eigenvalue weighted by Gasteiger charge is -2.24. The van der Waals surface area contributed by atoms with E-state index in [1.807, 2.05) is 23.7 Å². The molecule has 0 bridgehead atoms. The lowest BCUT2D eigenvalue weighted by atomic mass is 10.0. The first-order valence-electron chi connectivity index (χ1n) is 7.61. The fourth-order valence-corrected chi connectivity index (χ4v) is 2.81. The summed E-state index contributed by atoms with van der Waals surface area (Å²) in [5, 5.41) is 17.5. The number of hydrogen-bond acceptors (Lipinski definition) is 4. The molecule has 0 aliphatic heterocycles. The number of nitrogens with one attached hydrogen (secondary N) is 1. The maximum atomic E-state index is 9.52. The lowest BCUT2D eigenvalue weighted by molar-refractivity contribution is 0.215. The lowest BCUT2D eigenvalue weighted by Crippen LogP contribution is -2.36. The average Bonchev–Trinajstić information content (AvgIpc) is 2.79. The Kier molecular flexibility index (Phi) is 4.96. The highest BCUT2D eigenvalue weighted by Crippen LogP contribution is 2.19. The summed E-state index contributed by atoms with van der Waals surface area (Å²) in [4.78, 5) is 4.48. The summed E-state index contributed by atoms with van der Waals surface area (Å²) in [6, 6.07) is 2.21. The molecule has 5 heteroatoms. The van der Waals surface area contributed by atoms with Crippen LogP contribution in [0.3, 0.4) is 0 Å². The van der Waals surface area contributed by atoms with Crippen LogP contribution in [0.1, 0.15) is 50.2 Å². The second-order valence-corrected chi connectivity index (χ2v) is 6.25. The fourth-order valence-electron chi connectivity index (χ4n) is 2.81. The molecule has 2 rings (SSSR count). The zero-order valence-electron chi connectivity index (χ0n) is 13.6. The van der Waals surface area contributed by atoms with Crippen LogP contribution < -0.4 is 5.32 Å². The first kappa shape index (κ1) is 15.9. The average molecular weight is 290 g/mol. The molecular formula is C16H26N4O. The van der Waals surface area contributed by atoms with Gasteiger partial charge in [-0.3, -0.25) is 0 Å². The van der Waals surface area contributed by atoms with Gasteiger partial charge >= 0.3 is 0 Å². The molecule has 21 heavy (non-hydrogen) atoms. The molecule has 0 saturated carbocycles. The molecule has 116 valence electrons. The van der Waals surface area contributed by atoms with Crippen molar-refractivity contribution in [3.05, 3.63) is 29.2 Å². The molecular weight excluding hydrogens is 264 g/mol. The Balaban J connectivity index is 2.22. The van der Waals surface area contributed by atoms with Crippen molar-refractivity contribution in [2.45, 2.75) is 53.1 Å². The van der Waals surface area contributed by atoms with E-state index in [-0.39, 0.29) is 18.7 Å². The number of fused-ring (bicyclic) bond motifs is 1. The summed E-state index contributed by atoms with van der Waals surface area (Å²) in [5.74, 6) is 0.553. The zero-order chi connectivity index (χ0) is 15.6. The monoisotopic (exact) mass is 290 g/mol. The molecule has 2 aromatic heterocycles. The van der Waals surface area contributed by atoms with E-state index in [1.54, 1.807) is 0 Å². The molecule has 2 N–H and O–H groups in total. The molecule has 0 spiro atoms. The highest BCUT2D eigenvalue weighted by atomic mass is 16.3. The van der Waals surface area contributed by atoms with Gasteiger partial charge < -0.3 is 10.4 Å². The number of aliphatic hydroxyl groups excluding tert-OH is 1. The highest BCUT2D eigenvalue weighted by Gasteiger charge is 2.17. The van der Waals surface area contributed by atoms with Crippen LogP contribution in [0.4, 0.5) is 0 Å². The molecule has 2 heterocycles. The normalized spacial score (nSPS) is 14.8. The van der Waals surface area contributed by atoms with Gasteiger partial charge in [0.25, 0.3) is 0 Å². The van der Waals surface area contributed by atoms with Crippen molar-refractivity contribution in [2.75, 3.05) is 6.61 Å².